The maximum absolute atomic E-state index is 11.6. The summed E-state index contributed by atoms with van der Waals surface area (Å²) in [4.78, 5) is 137. The third-order valence-electron chi connectivity index (χ3n) is 4.62. The first-order chi connectivity index (χ1) is 20.7. The van der Waals surface area contributed by atoms with Gasteiger partial charge in [-0.1, -0.05) is 0 Å². The van der Waals surface area contributed by atoms with Crippen molar-refractivity contribution in [3.05, 3.63) is 0 Å². The highest BCUT2D eigenvalue weighted by atomic mass is 31.2. The molecule has 1 atom stereocenters. The molecule has 15 N–H and O–H groups in total. The third-order valence-corrected chi connectivity index (χ3v) is 10.9. The van der Waals surface area contributed by atoms with Gasteiger partial charge in [0.15, 0.2) is 0 Å². The first-order valence-electron chi connectivity index (χ1n) is 12.2. The molecule has 0 aromatic carbocycles. The Morgan fingerprint density at radius 3 is 0.667 bits per heavy atom. The Bertz CT molecular complexity index is 1220. The summed E-state index contributed by atoms with van der Waals surface area (Å²) in [6.07, 6.45) is -7.89. The van der Waals surface area contributed by atoms with Crippen molar-refractivity contribution in [2.75, 3.05) is 83.1 Å². The lowest BCUT2D eigenvalue weighted by molar-refractivity contribution is 0.200. The first-order valence-corrected chi connectivity index (χ1v) is 27.1. The van der Waals surface area contributed by atoms with E-state index in [1.165, 1.54) is 0 Å². The van der Waals surface area contributed by atoms with E-state index in [9.17, 15) is 51.2 Å². The lowest BCUT2D eigenvalue weighted by Gasteiger charge is -2.30. The minimum absolute atomic E-state index is 0.301. The fraction of sp³-hybridized carbons (Fsp3) is 1.00. The molecule has 0 rings (SSSR count). The number of hydrogen-bond acceptors (Lipinski definition) is 12. The number of nitrogens with zero attached hydrogens (tertiary/aromatic N) is 4. The summed E-state index contributed by atoms with van der Waals surface area (Å²) in [5.41, 5.74) is 0. The molecule has 0 spiro atoms. The van der Waals surface area contributed by atoms with Gasteiger partial charge in [0, 0.05) is 32.8 Å². The molecule has 0 saturated heterocycles. The van der Waals surface area contributed by atoms with E-state index in [1.807, 2.05) is 0 Å². The van der Waals surface area contributed by atoms with Crippen molar-refractivity contribution in [1.29, 1.82) is 0 Å². The molecule has 0 aliphatic carbocycles. The minimum Gasteiger partial charge on any atom is -0.344 e. The van der Waals surface area contributed by atoms with Gasteiger partial charge in [-0.25, -0.2) is 0 Å². The van der Waals surface area contributed by atoms with Crippen LogP contribution in [0.25, 0.3) is 0 Å². The van der Waals surface area contributed by atoms with Crippen molar-refractivity contribution in [3.63, 3.8) is 0 Å². The highest BCUT2D eigenvalue weighted by Gasteiger charge is 2.31. The van der Waals surface area contributed by atoms with Crippen molar-refractivity contribution in [2.24, 2.45) is 0 Å². The van der Waals surface area contributed by atoms with E-state index in [0.29, 0.717) is 4.90 Å². The van der Waals surface area contributed by atoms with Gasteiger partial charge in [-0.15, -0.1) is 0 Å². The van der Waals surface area contributed by atoms with Gasteiger partial charge in [0.05, 0.1) is 6.29 Å². The van der Waals surface area contributed by atoms with Gasteiger partial charge in [-0.3, -0.25) is 56.1 Å². The first kappa shape index (κ1) is 51.2. The summed E-state index contributed by atoms with van der Waals surface area (Å²) < 4.78 is 88.4. The molecule has 1 unspecified atom stereocenters. The molecule has 27 nitrogen and oxygen atoms in total. The Morgan fingerprint density at radius 2 is 0.458 bits per heavy atom. The van der Waals surface area contributed by atoms with E-state index < -0.39 is 117 Å². The maximum Gasteiger partial charge on any atom is 0.339 e. The predicted molar refractivity (Wildman–Crippen MR) is 166 cm³/mol. The van der Waals surface area contributed by atoms with E-state index in [4.69, 9.17) is 58.7 Å². The van der Waals surface area contributed by atoms with Crippen LogP contribution in [-0.2, 0) is 36.5 Å². The predicted octanol–water partition coefficient (Wildman–Crippen LogP) is -3.02. The van der Waals surface area contributed by atoms with Crippen LogP contribution >= 0.6 is 60.5 Å². The molecule has 0 bridgehead atoms. The number of hydrogen-bond donors (Lipinski definition) is 15. The summed E-state index contributed by atoms with van der Waals surface area (Å²) in [6, 6.07) is 0. The zero-order valence-corrected chi connectivity index (χ0v) is 32.0. The number of rotatable bonds is 22. The lowest BCUT2D eigenvalue weighted by Crippen LogP contribution is -2.41. The summed E-state index contributed by atoms with van der Waals surface area (Å²) in [5, 5.41) is 0. The van der Waals surface area contributed by atoms with Crippen LogP contribution in [0.4, 0.5) is 0 Å². The Morgan fingerprint density at radius 1 is 0.292 bits per heavy atom. The third kappa shape index (κ3) is 38.3. The van der Waals surface area contributed by atoms with Gasteiger partial charge in [0.25, 0.3) is 0 Å². The molecule has 0 amide bonds. The highest BCUT2D eigenvalue weighted by molar-refractivity contribution is 7.57. The molecule has 0 aliphatic rings. The summed E-state index contributed by atoms with van der Waals surface area (Å²) in [5.74, 6) is 0. The molecular formula is C13H42N4O23P8. The molecule has 0 radical (unpaired) electrons. The summed E-state index contributed by atoms with van der Waals surface area (Å²) >= 11 is 0. The molecule has 0 aromatic rings. The fourth-order valence-corrected chi connectivity index (χ4v) is 10.5. The van der Waals surface area contributed by atoms with E-state index >= 15 is 0 Å². The van der Waals surface area contributed by atoms with E-state index in [0.717, 1.165) is 21.4 Å². The van der Waals surface area contributed by atoms with Gasteiger partial charge >= 0.3 is 53.2 Å². The smallest absolute Gasteiger partial charge is 0.339 e. The van der Waals surface area contributed by atoms with Crippen molar-refractivity contribution >= 4 is 60.5 Å². The summed E-state index contributed by atoms with van der Waals surface area (Å²) in [6.45, 7) is -0.445. The Labute approximate surface area is 273 Å². The van der Waals surface area contributed by atoms with E-state index in [1.54, 1.807) is 0 Å². The van der Waals surface area contributed by atoms with Gasteiger partial charge < -0.3 is 73.4 Å². The second kappa shape index (κ2) is 20.0. The van der Waals surface area contributed by atoms with Crippen molar-refractivity contribution in [2.45, 2.75) is 0 Å². The van der Waals surface area contributed by atoms with Crippen LogP contribution < -0.4 is 0 Å². The molecule has 0 aliphatic heterocycles. The molecule has 35 heteroatoms. The monoisotopic (exact) mass is 870 g/mol. The van der Waals surface area contributed by atoms with Crippen molar-refractivity contribution < 1.29 is 110 Å². The van der Waals surface area contributed by atoms with Crippen molar-refractivity contribution in [1.82, 2.24) is 19.6 Å². The van der Waals surface area contributed by atoms with Crippen LogP contribution in [-0.4, -0.2) is 176 Å². The van der Waals surface area contributed by atoms with Gasteiger partial charge in [0.2, 0.25) is 7.37 Å². The van der Waals surface area contributed by atoms with Crippen LogP contribution in [0, 0.1) is 0 Å². The average Bonchev–Trinajstić information content (AvgIpc) is 2.66. The SMILES string of the molecule is CP(=O)(O)CN(CCN(CCN(CP(=O)(O)O)CP(=O)(O)O)CP(=O)(O)O)CP(=O)(O)O.O=P(O)(O)CN(CP(=O)(O)O)CP(=O)(O)O. The van der Waals surface area contributed by atoms with Gasteiger partial charge in [0.1, 0.15) is 44.0 Å². The normalized spacial score (nSPS) is 15.6. The lowest BCUT2D eigenvalue weighted by atomic mass is 10.4. The largest absolute Gasteiger partial charge is 0.344 e. The Hall–Kier alpha value is 1.08. The molecule has 0 saturated carbocycles. The van der Waals surface area contributed by atoms with Gasteiger partial charge in [-0.2, -0.15) is 0 Å². The second-order valence-corrected chi connectivity index (χ2v) is 24.1. The molecular weight excluding hydrogens is 828 g/mol. The molecule has 0 fully saturated rings. The standard InChI is InChI=1S/C10H30N3O14P5.C3H12NO9P3/c1-28(14,15)6-12(8-30(19,20)21)4-2-11(7-29(16,17)18)3-5-13(9-31(22,23)24)10-32(25,26)27;5-14(6,7)1-4(2-15(8,9)10)3-16(11,12)13/h2-10H2,1H3,(H,14,15)(H2,16,17,18)(H2,19,20,21)(H2,22,23,24)(H2,25,26,27);1-3H2,(H2,5,6,7)(H2,8,9,10)(H2,11,12,13). The Balaban J connectivity index is 0. The highest BCUT2D eigenvalue weighted by Crippen LogP contribution is 2.46. The van der Waals surface area contributed by atoms with Crippen LogP contribution in [0.3, 0.4) is 0 Å². The van der Waals surface area contributed by atoms with E-state index in [-0.39, 0.29) is 19.6 Å². The molecule has 48 heavy (non-hydrogen) atoms. The maximum atomic E-state index is 11.6. The zero-order valence-electron chi connectivity index (χ0n) is 24.8. The molecule has 0 heterocycles. The van der Waals surface area contributed by atoms with Crippen LogP contribution in [0.2, 0.25) is 0 Å². The van der Waals surface area contributed by atoms with Crippen LogP contribution in [0.1, 0.15) is 0 Å². The van der Waals surface area contributed by atoms with Gasteiger partial charge in [-0.05, 0) is 0 Å². The second-order valence-electron chi connectivity index (χ2n) is 10.4. The van der Waals surface area contributed by atoms with E-state index in [2.05, 4.69) is 0 Å². The topological polar surface area (TPSA) is 453 Å². The quantitative estimate of drug-likeness (QED) is 0.0482. The molecule has 0 aromatic heterocycles. The fourth-order valence-electron chi connectivity index (χ4n) is 3.52. The molecule has 292 valence electrons. The minimum atomic E-state index is -4.73. The Kier molecular flexibility index (Phi) is 21.3. The van der Waals surface area contributed by atoms with Crippen LogP contribution in [0.5, 0.6) is 0 Å². The summed E-state index contributed by atoms with van der Waals surface area (Å²) in [7, 11) is -36.5. The van der Waals surface area contributed by atoms with Crippen LogP contribution in [0.15, 0.2) is 0 Å². The average molecular weight is 870 g/mol. The zero-order chi connectivity index (χ0) is 38.8. The van der Waals surface area contributed by atoms with Crippen molar-refractivity contribution in [3.8, 4) is 0 Å².